The molecule has 0 aliphatic heterocycles. The van der Waals surface area contributed by atoms with Crippen LogP contribution in [-0.4, -0.2) is 19.0 Å². The van der Waals surface area contributed by atoms with E-state index in [0.29, 0.717) is 12.5 Å². The summed E-state index contributed by atoms with van der Waals surface area (Å²) < 4.78 is 43.7. The Kier molecular flexibility index (Phi) is 5.01. The molecule has 1 saturated carbocycles. The Bertz CT molecular complexity index is 719. The van der Waals surface area contributed by atoms with E-state index in [1.807, 2.05) is 12.1 Å². The number of nitrogens with zero attached hydrogens (tertiary/aromatic N) is 1. The first-order valence-electron chi connectivity index (χ1n) is 8.12. The molecule has 7 heteroatoms. The molecular weight excluding hydrogens is 331 g/mol. The minimum Gasteiger partial charge on any atom is -0.467 e. The van der Waals surface area contributed by atoms with Crippen LogP contribution in [0.3, 0.4) is 0 Å². The highest BCUT2D eigenvalue weighted by Crippen LogP contribution is 2.39. The third-order valence-corrected chi connectivity index (χ3v) is 4.40. The van der Waals surface area contributed by atoms with Crippen LogP contribution in [0.25, 0.3) is 0 Å². The number of rotatable bonds is 4. The Labute approximate surface area is 144 Å². The lowest BCUT2D eigenvalue weighted by Crippen LogP contribution is -2.48. The summed E-state index contributed by atoms with van der Waals surface area (Å²) in [6, 6.07) is 9.49. The normalized spacial score (nSPS) is 20.9. The molecule has 2 aromatic rings. The van der Waals surface area contributed by atoms with Gasteiger partial charge in [0.15, 0.2) is 5.96 Å². The molecule has 1 aromatic carbocycles. The van der Waals surface area contributed by atoms with Gasteiger partial charge in [-0.1, -0.05) is 18.2 Å². The van der Waals surface area contributed by atoms with Crippen molar-refractivity contribution in [2.75, 3.05) is 7.05 Å². The molecular formula is C18H20F3N3O. The second kappa shape index (κ2) is 7.21. The van der Waals surface area contributed by atoms with Gasteiger partial charge >= 0.3 is 6.18 Å². The fourth-order valence-corrected chi connectivity index (χ4v) is 2.95. The average Bonchev–Trinajstić information content (AvgIpc) is 3.06. The predicted octanol–water partition coefficient (Wildman–Crippen LogP) is 3.91. The molecule has 0 spiro atoms. The third kappa shape index (κ3) is 4.35. The van der Waals surface area contributed by atoms with Crippen molar-refractivity contribution in [1.29, 1.82) is 0 Å². The van der Waals surface area contributed by atoms with Gasteiger partial charge in [0.05, 0.1) is 18.4 Å². The fraction of sp³-hybridized carbons (Fsp3) is 0.389. The number of benzene rings is 1. The molecule has 1 heterocycles. The molecule has 0 saturated heterocycles. The molecule has 134 valence electrons. The topological polar surface area (TPSA) is 49.6 Å². The monoisotopic (exact) mass is 351 g/mol. The lowest BCUT2D eigenvalue weighted by atomic mass is 9.75. The Balaban J connectivity index is 1.50. The van der Waals surface area contributed by atoms with E-state index < -0.39 is 11.7 Å². The van der Waals surface area contributed by atoms with Gasteiger partial charge in [0, 0.05) is 13.1 Å². The zero-order valence-electron chi connectivity index (χ0n) is 13.8. The van der Waals surface area contributed by atoms with Crippen LogP contribution < -0.4 is 10.6 Å². The van der Waals surface area contributed by atoms with E-state index in [1.165, 1.54) is 12.1 Å². The van der Waals surface area contributed by atoms with E-state index >= 15 is 0 Å². The van der Waals surface area contributed by atoms with Crippen molar-refractivity contribution in [3.8, 4) is 0 Å². The van der Waals surface area contributed by atoms with Crippen LogP contribution >= 0.6 is 0 Å². The minimum absolute atomic E-state index is 0.142. The molecule has 1 aliphatic carbocycles. The highest BCUT2D eigenvalue weighted by atomic mass is 19.4. The van der Waals surface area contributed by atoms with Gasteiger partial charge in [-0.2, -0.15) is 13.2 Å². The molecule has 0 atom stereocenters. The summed E-state index contributed by atoms with van der Waals surface area (Å²) in [6.45, 7) is 0.524. The van der Waals surface area contributed by atoms with Crippen molar-refractivity contribution in [2.24, 2.45) is 4.99 Å². The first kappa shape index (κ1) is 17.4. The number of halogens is 3. The van der Waals surface area contributed by atoms with Crippen molar-refractivity contribution in [3.63, 3.8) is 0 Å². The molecule has 0 radical (unpaired) electrons. The lowest BCUT2D eigenvalue weighted by molar-refractivity contribution is -0.137. The maximum absolute atomic E-state index is 12.8. The van der Waals surface area contributed by atoms with Crippen molar-refractivity contribution in [1.82, 2.24) is 10.6 Å². The number of hydrogen-bond donors (Lipinski definition) is 2. The van der Waals surface area contributed by atoms with Crippen LogP contribution in [0, 0.1) is 0 Å². The summed E-state index contributed by atoms with van der Waals surface area (Å²) in [5.41, 5.74) is 0.156. The van der Waals surface area contributed by atoms with E-state index in [4.69, 9.17) is 4.42 Å². The molecule has 1 aromatic heterocycles. The van der Waals surface area contributed by atoms with Gasteiger partial charge in [0.25, 0.3) is 0 Å². The van der Waals surface area contributed by atoms with Gasteiger partial charge in [-0.15, -0.1) is 0 Å². The smallest absolute Gasteiger partial charge is 0.416 e. The summed E-state index contributed by atoms with van der Waals surface area (Å²) in [6.07, 6.45) is -1.13. The number of furan rings is 1. The van der Waals surface area contributed by atoms with E-state index in [1.54, 1.807) is 19.4 Å². The SMILES string of the molecule is CN=C(NCc1ccco1)NC1CC(c2cccc(C(F)(F)F)c2)C1. The van der Waals surface area contributed by atoms with Crippen LogP contribution in [0.1, 0.15) is 35.6 Å². The standard InChI is InChI=1S/C18H20F3N3O/c1-22-17(23-11-16-6-3-7-25-16)24-15-9-13(10-15)12-4-2-5-14(8-12)18(19,20)21/h2-8,13,15H,9-11H2,1H3,(H2,22,23,24). The largest absolute Gasteiger partial charge is 0.467 e. The third-order valence-electron chi connectivity index (χ3n) is 4.40. The van der Waals surface area contributed by atoms with E-state index in [9.17, 15) is 13.2 Å². The Hall–Kier alpha value is -2.44. The molecule has 0 unspecified atom stereocenters. The van der Waals surface area contributed by atoms with E-state index in [-0.39, 0.29) is 12.0 Å². The minimum atomic E-state index is -4.30. The van der Waals surface area contributed by atoms with Crippen molar-refractivity contribution in [3.05, 3.63) is 59.5 Å². The number of aliphatic imine (C=N–C) groups is 1. The first-order chi connectivity index (χ1) is 12.0. The Morgan fingerprint density at radius 3 is 2.68 bits per heavy atom. The van der Waals surface area contributed by atoms with Crippen LogP contribution in [0.15, 0.2) is 52.1 Å². The fourth-order valence-electron chi connectivity index (χ4n) is 2.95. The van der Waals surface area contributed by atoms with Gasteiger partial charge in [-0.25, -0.2) is 0 Å². The Morgan fingerprint density at radius 2 is 2.04 bits per heavy atom. The first-order valence-corrected chi connectivity index (χ1v) is 8.12. The molecule has 1 aliphatic rings. The van der Waals surface area contributed by atoms with Crippen LogP contribution in [-0.2, 0) is 12.7 Å². The molecule has 0 amide bonds. The van der Waals surface area contributed by atoms with Gasteiger partial charge in [0.2, 0.25) is 0 Å². The predicted molar refractivity (Wildman–Crippen MR) is 89.2 cm³/mol. The molecule has 1 fully saturated rings. The van der Waals surface area contributed by atoms with Crippen molar-refractivity contribution < 1.29 is 17.6 Å². The quantitative estimate of drug-likeness (QED) is 0.649. The summed E-state index contributed by atoms with van der Waals surface area (Å²) >= 11 is 0. The van der Waals surface area contributed by atoms with Gasteiger partial charge in [0.1, 0.15) is 5.76 Å². The second-order valence-corrected chi connectivity index (χ2v) is 6.14. The zero-order chi connectivity index (χ0) is 17.9. The maximum Gasteiger partial charge on any atom is 0.416 e. The lowest BCUT2D eigenvalue weighted by Gasteiger charge is -2.37. The summed E-state index contributed by atoms with van der Waals surface area (Å²) in [4.78, 5) is 4.16. The molecule has 3 rings (SSSR count). The van der Waals surface area contributed by atoms with Crippen molar-refractivity contribution >= 4 is 5.96 Å². The number of nitrogens with one attached hydrogen (secondary N) is 2. The Morgan fingerprint density at radius 1 is 1.24 bits per heavy atom. The van der Waals surface area contributed by atoms with Crippen molar-refractivity contribution in [2.45, 2.75) is 37.5 Å². The second-order valence-electron chi connectivity index (χ2n) is 6.14. The number of guanidine groups is 1. The summed E-state index contributed by atoms with van der Waals surface area (Å²) in [5, 5.41) is 6.44. The zero-order valence-corrected chi connectivity index (χ0v) is 13.8. The molecule has 2 N–H and O–H groups in total. The van der Waals surface area contributed by atoms with E-state index in [2.05, 4.69) is 15.6 Å². The highest BCUT2D eigenvalue weighted by Gasteiger charge is 2.34. The van der Waals surface area contributed by atoms with Gasteiger partial charge in [-0.3, -0.25) is 4.99 Å². The van der Waals surface area contributed by atoms with Gasteiger partial charge < -0.3 is 15.1 Å². The van der Waals surface area contributed by atoms with E-state index in [0.717, 1.165) is 30.2 Å². The summed E-state index contributed by atoms with van der Waals surface area (Å²) in [7, 11) is 1.68. The molecule has 25 heavy (non-hydrogen) atoms. The van der Waals surface area contributed by atoms with Crippen LogP contribution in [0.2, 0.25) is 0 Å². The summed E-state index contributed by atoms with van der Waals surface area (Å²) in [5.74, 6) is 1.60. The molecule has 0 bridgehead atoms. The number of alkyl halides is 3. The van der Waals surface area contributed by atoms with Gasteiger partial charge in [-0.05, 0) is 42.5 Å². The maximum atomic E-state index is 12.8. The number of hydrogen-bond acceptors (Lipinski definition) is 2. The highest BCUT2D eigenvalue weighted by molar-refractivity contribution is 5.80. The average molecular weight is 351 g/mol. The van der Waals surface area contributed by atoms with Crippen LogP contribution in [0.5, 0.6) is 0 Å². The molecule has 4 nitrogen and oxygen atoms in total. The van der Waals surface area contributed by atoms with Crippen LogP contribution in [0.4, 0.5) is 13.2 Å².